The Morgan fingerprint density at radius 2 is 2.25 bits per heavy atom. The van der Waals surface area contributed by atoms with Gasteiger partial charge in [0, 0.05) is 29.8 Å². The van der Waals surface area contributed by atoms with Crippen molar-refractivity contribution in [3.8, 4) is 0 Å². The van der Waals surface area contributed by atoms with Gasteiger partial charge in [0.05, 0.1) is 5.56 Å². The second kappa shape index (κ2) is 6.99. The minimum absolute atomic E-state index is 0.123. The number of thioether (sulfide) groups is 1. The first-order valence-corrected chi connectivity index (χ1v) is 8.30. The van der Waals surface area contributed by atoms with E-state index in [0.717, 1.165) is 29.1 Å². The molecule has 110 valence electrons. The fourth-order valence-electron chi connectivity index (χ4n) is 2.64. The molecule has 0 spiro atoms. The Bertz CT molecular complexity index is 474. The highest BCUT2D eigenvalue weighted by Gasteiger charge is 2.27. The minimum atomic E-state index is 0.123. The summed E-state index contributed by atoms with van der Waals surface area (Å²) in [5.74, 6) is 0.123. The number of hydrogen-bond acceptors (Lipinski definition) is 4. The summed E-state index contributed by atoms with van der Waals surface area (Å²) in [6.07, 6.45) is 6.39. The molecule has 0 aliphatic heterocycles. The third-order valence-electron chi connectivity index (χ3n) is 3.88. The monoisotopic (exact) mass is 293 g/mol. The van der Waals surface area contributed by atoms with E-state index in [4.69, 9.17) is 16.2 Å². The predicted octanol–water partition coefficient (Wildman–Crippen LogP) is 2.43. The van der Waals surface area contributed by atoms with E-state index >= 15 is 0 Å². The van der Waals surface area contributed by atoms with Crippen LogP contribution in [-0.2, 0) is 0 Å². The lowest BCUT2D eigenvalue weighted by molar-refractivity contribution is 0.283. The Morgan fingerprint density at radius 1 is 1.50 bits per heavy atom. The van der Waals surface area contributed by atoms with Gasteiger partial charge in [0.15, 0.2) is 0 Å². The number of amidine groups is 1. The molecule has 2 rings (SSSR count). The van der Waals surface area contributed by atoms with E-state index in [9.17, 15) is 0 Å². The van der Waals surface area contributed by atoms with Crippen molar-refractivity contribution in [2.24, 2.45) is 5.73 Å². The molecule has 1 aliphatic rings. The molecule has 20 heavy (non-hydrogen) atoms. The van der Waals surface area contributed by atoms with Gasteiger partial charge in [0.1, 0.15) is 5.84 Å². The van der Waals surface area contributed by atoms with E-state index < -0.39 is 0 Å². The van der Waals surface area contributed by atoms with E-state index in [1.54, 1.807) is 11.8 Å². The molecule has 1 aromatic rings. The first kappa shape index (κ1) is 15.2. The molecule has 1 aromatic carbocycles. The average molecular weight is 293 g/mol. The maximum Gasteiger partial charge on any atom is 0.126 e. The van der Waals surface area contributed by atoms with Crippen molar-refractivity contribution < 1.29 is 5.11 Å². The van der Waals surface area contributed by atoms with Crippen molar-refractivity contribution in [2.75, 3.05) is 24.3 Å². The Morgan fingerprint density at radius 3 is 2.75 bits per heavy atom. The van der Waals surface area contributed by atoms with Gasteiger partial charge in [-0.1, -0.05) is 6.07 Å². The van der Waals surface area contributed by atoms with Crippen LogP contribution in [-0.4, -0.2) is 36.4 Å². The summed E-state index contributed by atoms with van der Waals surface area (Å²) in [4.78, 5) is 3.37. The van der Waals surface area contributed by atoms with Crippen LogP contribution < -0.4 is 10.6 Å². The van der Waals surface area contributed by atoms with Gasteiger partial charge in [0.25, 0.3) is 0 Å². The maximum atomic E-state index is 9.12. The molecule has 0 saturated heterocycles. The van der Waals surface area contributed by atoms with E-state index in [-0.39, 0.29) is 12.4 Å². The summed E-state index contributed by atoms with van der Waals surface area (Å²) in [5, 5.41) is 17.0. The summed E-state index contributed by atoms with van der Waals surface area (Å²) < 4.78 is 0. The van der Waals surface area contributed by atoms with Crippen LogP contribution in [0.3, 0.4) is 0 Å². The summed E-state index contributed by atoms with van der Waals surface area (Å²) >= 11 is 1.62. The molecule has 1 fully saturated rings. The van der Waals surface area contributed by atoms with Crippen LogP contribution in [0, 0.1) is 5.41 Å². The standard InChI is InChI=1S/C15H23N3OS/c1-20-13-8-3-7-12(14(13)15(16)17)18(9-4-10-19)11-5-2-6-11/h3,7-8,11,19H,2,4-6,9-10H2,1H3,(H3,16,17). The van der Waals surface area contributed by atoms with Gasteiger partial charge in [0.2, 0.25) is 0 Å². The number of hydrogen-bond donors (Lipinski definition) is 3. The number of nitrogens with one attached hydrogen (secondary N) is 1. The number of nitrogens with two attached hydrogens (primary N) is 1. The summed E-state index contributed by atoms with van der Waals surface area (Å²) in [7, 11) is 0. The number of anilines is 1. The number of aliphatic hydroxyl groups is 1. The predicted molar refractivity (Wildman–Crippen MR) is 85.9 cm³/mol. The van der Waals surface area contributed by atoms with Crippen molar-refractivity contribution in [3.05, 3.63) is 23.8 Å². The molecular formula is C15H23N3OS. The third-order valence-corrected chi connectivity index (χ3v) is 4.66. The molecule has 0 amide bonds. The van der Waals surface area contributed by atoms with Gasteiger partial charge >= 0.3 is 0 Å². The summed E-state index contributed by atoms with van der Waals surface area (Å²) in [6.45, 7) is 1.01. The molecular weight excluding hydrogens is 270 g/mol. The molecule has 0 heterocycles. The van der Waals surface area contributed by atoms with Crippen LogP contribution in [0.2, 0.25) is 0 Å². The molecule has 0 atom stereocenters. The molecule has 0 aromatic heterocycles. The van der Waals surface area contributed by atoms with Crippen LogP contribution in [0.25, 0.3) is 0 Å². The number of aliphatic hydroxyl groups excluding tert-OH is 1. The normalized spacial score (nSPS) is 14.9. The average Bonchev–Trinajstić information content (AvgIpc) is 2.40. The molecule has 5 heteroatoms. The Balaban J connectivity index is 2.38. The first-order chi connectivity index (χ1) is 9.69. The quantitative estimate of drug-likeness (QED) is 0.410. The number of benzene rings is 1. The zero-order valence-electron chi connectivity index (χ0n) is 11.9. The topological polar surface area (TPSA) is 73.3 Å². The second-order valence-corrected chi connectivity index (χ2v) is 5.97. The SMILES string of the molecule is CSc1cccc(N(CCCO)C2CCC2)c1C(=N)N. The molecule has 0 unspecified atom stereocenters. The largest absolute Gasteiger partial charge is 0.396 e. The molecule has 4 N–H and O–H groups in total. The van der Waals surface area contributed by atoms with Crippen LogP contribution in [0.15, 0.2) is 23.1 Å². The van der Waals surface area contributed by atoms with Gasteiger partial charge < -0.3 is 15.7 Å². The first-order valence-electron chi connectivity index (χ1n) is 7.08. The lowest BCUT2D eigenvalue weighted by Gasteiger charge is -2.40. The summed E-state index contributed by atoms with van der Waals surface area (Å²) in [5.41, 5.74) is 7.69. The van der Waals surface area contributed by atoms with E-state index in [1.807, 2.05) is 24.5 Å². The van der Waals surface area contributed by atoms with Gasteiger partial charge in [-0.05, 0) is 44.1 Å². The van der Waals surface area contributed by atoms with Gasteiger partial charge in [-0.15, -0.1) is 11.8 Å². The van der Waals surface area contributed by atoms with Gasteiger partial charge in [-0.3, -0.25) is 5.41 Å². The second-order valence-electron chi connectivity index (χ2n) is 5.12. The lowest BCUT2D eigenvalue weighted by atomic mass is 9.90. The molecule has 1 aliphatic carbocycles. The third kappa shape index (κ3) is 3.10. The highest BCUT2D eigenvalue weighted by atomic mass is 32.2. The van der Waals surface area contributed by atoms with Crippen molar-refractivity contribution in [1.82, 2.24) is 0 Å². The van der Waals surface area contributed by atoms with E-state index in [1.165, 1.54) is 19.3 Å². The Labute approximate surface area is 124 Å². The smallest absolute Gasteiger partial charge is 0.126 e. The lowest BCUT2D eigenvalue weighted by Crippen LogP contribution is -2.42. The van der Waals surface area contributed by atoms with Crippen molar-refractivity contribution >= 4 is 23.3 Å². The molecule has 0 bridgehead atoms. The van der Waals surface area contributed by atoms with E-state index in [2.05, 4.69) is 4.90 Å². The highest BCUT2D eigenvalue weighted by Crippen LogP contribution is 2.35. The van der Waals surface area contributed by atoms with Crippen molar-refractivity contribution in [3.63, 3.8) is 0 Å². The number of rotatable bonds is 7. The maximum absolute atomic E-state index is 9.12. The Hall–Kier alpha value is -1.20. The molecule has 1 saturated carbocycles. The van der Waals surface area contributed by atoms with Gasteiger partial charge in [-0.2, -0.15) is 0 Å². The highest BCUT2D eigenvalue weighted by molar-refractivity contribution is 7.98. The Kier molecular flexibility index (Phi) is 5.31. The van der Waals surface area contributed by atoms with Crippen LogP contribution in [0.5, 0.6) is 0 Å². The molecule has 0 radical (unpaired) electrons. The van der Waals surface area contributed by atoms with Crippen LogP contribution in [0.1, 0.15) is 31.2 Å². The minimum Gasteiger partial charge on any atom is -0.396 e. The molecule has 4 nitrogen and oxygen atoms in total. The zero-order valence-corrected chi connectivity index (χ0v) is 12.7. The number of nitrogen functional groups attached to an aromatic ring is 1. The van der Waals surface area contributed by atoms with E-state index in [0.29, 0.717) is 6.04 Å². The zero-order chi connectivity index (χ0) is 14.5. The number of nitrogens with zero attached hydrogens (tertiary/aromatic N) is 1. The van der Waals surface area contributed by atoms with Crippen LogP contribution in [0.4, 0.5) is 5.69 Å². The van der Waals surface area contributed by atoms with Crippen LogP contribution >= 0.6 is 11.8 Å². The van der Waals surface area contributed by atoms with Crippen molar-refractivity contribution in [2.45, 2.75) is 36.6 Å². The fraction of sp³-hybridized carbons (Fsp3) is 0.533. The summed E-state index contributed by atoms with van der Waals surface area (Å²) in [6, 6.07) is 6.61. The van der Waals surface area contributed by atoms with Crippen molar-refractivity contribution in [1.29, 1.82) is 5.41 Å². The van der Waals surface area contributed by atoms with Gasteiger partial charge in [-0.25, -0.2) is 0 Å². The fourth-order valence-corrected chi connectivity index (χ4v) is 3.27.